The van der Waals surface area contributed by atoms with Crippen LogP contribution < -0.4 is 0 Å². The zero-order valence-electron chi connectivity index (χ0n) is 12.3. The molecule has 0 fully saturated rings. The summed E-state index contributed by atoms with van der Waals surface area (Å²) < 4.78 is 1.67. The van der Waals surface area contributed by atoms with Crippen molar-refractivity contribution in [2.75, 3.05) is 6.61 Å². The Hall–Kier alpha value is -2.99. The van der Waals surface area contributed by atoms with Crippen LogP contribution in [0.3, 0.4) is 0 Å². The molecule has 2 N–H and O–H groups in total. The zero-order valence-corrected chi connectivity index (χ0v) is 12.3. The van der Waals surface area contributed by atoms with Gasteiger partial charge in [0.1, 0.15) is 18.1 Å². The second-order valence-electron chi connectivity index (χ2n) is 5.13. The Labute approximate surface area is 132 Å². The summed E-state index contributed by atoms with van der Waals surface area (Å²) in [5.41, 5.74) is 2.93. The summed E-state index contributed by atoms with van der Waals surface area (Å²) in [6.07, 6.45) is 1.80. The summed E-state index contributed by atoms with van der Waals surface area (Å²) in [5.74, 6) is -0.110. The molecule has 2 aromatic carbocycles. The van der Waals surface area contributed by atoms with Crippen LogP contribution in [0.25, 0.3) is 11.3 Å². The van der Waals surface area contributed by atoms with Gasteiger partial charge in [0.25, 0.3) is 0 Å². The van der Waals surface area contributed by atoms with Crippen LogP contribution in [0.1, 0.15) is 15.9 Å². The number of carbonyl (C=O) groups excluding carboxylic acids is 1. The molecule has 3 aromatic rings. The lowest BCUT2D eigenvalue weighted by atomic mass is 10.1. The van der Waals surface area contributed by atoms with Gasteiger partial charge in [0.2, 0.25) is 0 Å². The number of Topliss-reactive ketones (excluding diaryl/α,β-unsaturated/α-hetero) is 1. The number of phenols is 1. The number of rotatable bonds is 5. The predicted octanol–water partition coefficient (Wildman–Crippen LogP) is 1.87. The van der Waals surface area contributed by atoms with Crippen LogP contribution in [0.5, 0.6) is 5.75 Å². The molecule has 0 aliphatic carbocycles. The highest BCUT2D eigenvalue weighted by Crippen LogP contribution is 2.19. The van der Waals surface area contributed by atoms with Crippen molar-refractivity contribution in [1.29, 1.82) is 0 Å². The quantitative estimate of drug-likeness (QED) is 0.702. The summed E-state index contributed by atoms with van der Waals surface area (Å²) in [5, 5.41) is 26.4. The number of aliphatic hydroxyl groups is 1. The van der Waals surface area contributed by atoms with E-state index in [1.165, 1.54) is 0 Å². The van der Waals surface area contributed by atoms with E-state index >= 15 is 0 Å². The second kappa shape index (κ2) is 6.41. The second-order valence-corrected chi connectivity index (χ2v) is 5.13. The lowest BCUT2D eigenvalue weighted by molar-refractivity contribution is 0.0903. The number of hydrogen-bond donors (Lipinski definition) is 2. The van der Waals surface area contributed by atoms with Gasteiger partial charge in [-0.15, -0.1) is 5.10 Å². The Bertz CT molecular complexity index is 825. The Morgan fingerprint density at radius 3 is 2.65 bits per heavy atom. The smallest absolute Gasteiger partial charge is 0.188 e. The number of ketones is 1. The molecule has 116 valence electrons. The highest BCUT2D eigenvalue weighted by molar-refractivity contribution is 5.97. The molecule has 0 radical (unpaired) electrons. The van der Waals surface area contributed by atoms with E-state index in [1.54, 1.807) is 53.3 Å². The Balaban J connectivity index is 1.79. The lowest BCUT2D eigenvalue weighted by Crippen LogP contribution is -2.06. The van der Waals surface area contributed by atoms with Gasteiger partial charge < -0.3 is 10.2 Å². The molecule has 6 heteroatoms. The minimum atomic E-state index is -0.502. The van der Waals surface area contributed by atoms with Gasteiger partial charge in [-0.05, 0) is 35.9 Å². The molecule has 0 aliphatic rings. The van der Waals surface area contributed by atoms with E-state index in [0.29, 0.717) is 17.8 Å². The molecule has 6 nitrogen and oxygen atoms in total. The molecule has 0 saturated carbocycles. The van der Waals surface area contributed by atoms with Crippen molar-refractivity contribution < 1.29 is 15.0 Å². The van der Waals surface area contributed by atoms with Crippen LogP contribution in [0.4, 0.5) is 0 Å². The van der Waals surface area contributed by atoms with E-state index in [2.05, 4.69) is 10.3 Å². The maximum atomic E-state index is 11.5. The Kier molecular flexibility index (Phi) is 4.16. The largest absolute Gasteiger partial charge is 0.508 e. The van der Waals surface area contributed by atoms with Crippen molar-refractivity contribution in [3.05, 3.63) is 65.9 Å². The highest BCUT2D eigenvalue weighted by Gasteiger charge is 2.07. The monoisotopic (exact) mass is 309 g/mol. The third-order valence-electron chi connectivity index (χ3n) is 3.44. The van der Waals surface area contributed by atoms with Crippen LogP contribution in [0, 0.1) is 0 Å². The van der Waals surface area contributed by atoms with Crippen molar-refractivity contribution in [3.8, 4) is 17.0 Å². The average Bonchev–Trinajstić information content (AvgIpc) is 3.03. The predicted molar refractivity (Wildman–Crippen MR) is 84.1 cm³/mol. The Morgan fingerprint density at radius 1 is 1.13 bits per heavy atom. The molecule has 3 rings (SSSR count). The third kappa shape index (κ3) is 3.44. The molecule has 0 atom stereocenters. The van der Waals surface area contributed by atoms with E-state index in [9.17, 15) is 9.90 Å². The van der Waals surface area contributed by atoms with Crippen molar-refractivity contribution in [2.24, 2.45) is 0 Å². The fourth-order valence-electron chi connectivity index (χ4n) is 2.26. The third-order valence-corrected chi connectivity index (χ3v) is 3.44. The standard InChI is InChI=1S/C17H15N3O3/c21-11-17(23)14-3-1-2-12(8-14)9-20-10-16(18-19-20)13-4-6-15(22)7-5-13/h1-8,10,21-22H,9,11H2. The lowest BCUT2D eigenvalue weighted by Gasteiger charge is -2.03. The van der Waals surface area contributed by atoms with Gasteiger partial charge in [-0.3, -0.25) is 4.79 Å². The first-order valence-corrected chi connectivity index (χ1v) is 7.08. The maximum absolute atomic E-state index is 11.5. The van der Waals surface area contributed by atoms with Gasteiger partial charge in [0.15, 0.2) is 5.78 Å². The molecule has 0 bridgehead atoms. The number of benzene rings is 2. The molecule has 0 saturated heterocycles. The highest BCUT2D eigenvalue weighted by atomic mass is 16.3. The summed E-state index contributed by atoms with van der Waals surface area (Å²) in [6, 6.07) is 13.8. The van der Waals surface area contributed by atoms with E-state index in [1.807, 2.05) is 6.07 Å². The average molecular weight is 309 g/mol. The van der Waals surface area contributed by atoms with Gasteiger partial charge in [0.05, 0.1) is 12.7 Å². The first kappa shape index (κ1) is 14.9. The molecule has 23 heavy (non-hydrogen) atoms. The van der Waals surface area contributed by atoms with E-state index in [-0.39, 0.29) is 11.5 Å². The molecule has 0 aliphatic heterocycles. The molecule has 0 spiro atoms. The molecular formula is C17H15N3O3. The van der Waals surface area contributed by atoms with E-state index in [4.69, 9.17) is 5.11 Å². The van der Waals surface area contributed by atoms with Crippen LogP contribution in [0.15, 0.2) is 54.7 Å². The van der Waals surface area contributed by atoms with Crippen molar-refractivity contribution in [3.63, 3.8) is 0 Å². The number of hydrogen-bond acceptors (Lipinski definition) is 5. The van der Waals surface area contributed by atoms with Crippen molar-refractivity contribution in [1.82, 2.24) is 15.0 Å². The summed E-state index contributed by atoms with van der Waals surface area (Å²) in [7, 11) is 0. The summed E-state index contributed by atoms with van der Waals surface area (Å²) in [6.45, 7) is -0.0323. The van der Waals surface area contributed by atoms with Crippen LogP contribution >= 0.6 is 0 Å². The molecule has 0 amide bonds. The molecule has 0 unspecified atom stereocenters. The minimum absolute atomic E-state index is 0.200. The van der Waals surface area contributed by atoms with E-state index in [0.717, 1.165) is 11.1 Å². The Morgan fingerprint density at radius 2 is 1.91 bits per heavy atom. The summed E-state index contributed by atoms with van der Waals surface area (Å²) in [4.78, 5) is 11.5. The van der Waals surface area contributed by atoms with Gasteiger partial charge in [-0.1, -0.05) is 23.4 Å². The fraction of sp³-hybridized carbons (Fsp3) is 0.118. The van der Waals surface area contributed by atoms with E-state index < -0.39 is 6.61 Å². The van der Waals surface area contributed by atoms with Crippen molar-refractivity contribution in [2.45, 2.75) is 6.54 Å². The molecular weight excluding hydrogens is 294 g/mol. The minimum Gasteiger partial charge on any atom is -0.508 e. The molecule has 1 aromatic heterocycles. The first-order valence-electron chi connectivity index (χ1n) is 7.08. The number of carbonyl (C=O) groups is 1. The van der Waals surface area contributed by atoms with Crippen LogP contribution in [-0.2, 0) is 6.54 Å². The van der Waals surface area contributed by atoms with Crippen molar-refractivity contribution >= 4 is 5.78 Å². The zero-order chi connectivity index (χ0) is 16.2. The SMILES string of the molecule is O=C(CO)c1cccc(Cn2cc(-c3ccc(O)cc3)nn2)c1. The number of aromatic nitrogens is 3. The van der Waals surface area contributed by atoms with Gasteiger partial charge in [-0.25, -0.2) is 4.68 Å². The number of aromatic hydroxyl groups is 1. The normalized spacial score (nSPS) is 10.7. The number of aliphatic hydroxyl groups excluding tert-OH is 1. The van der Waals surface area contributed by atoms with Crippen LogP contribution in [-0.4, -0.2) is 37.6 Å². The van der Waals surface area contributed by atoms with Gasteiger partial charge in [0, 0.05) is 11.1 Å². The van der Waals surface area contributed by atoms with Gasteiger partial charge >= 0.3 is 0 Å². The first-order chi connectivity index (χ1) is 11.2. The molecule has 1 heterocycles. The maximum Gasteiger partial charge on any atom is 0.188 e. The topological polar surface area (TPSA) is 88.2 Å². The fourth-order valence-corrected chi connectivity index (χ4v) is 2.26. The number of phenolic OH excluding ortho intramolecular Hbond substituents is 1. The van der Waals surface area contributed by atoms with Crippen LogP contribution in [0.2, 0.25) is 0 Å². The number of nitrogens with zero attached hydrogens (tertiary/aromatic N) is 3. The summed E-state index contributed by atoms with van der Waals surface area (Å²) >= 11 is 0. The van der Waals surface area contributed by atoms with Gasteiger partial charge in [-0.2, -0.15) is 0 Å².